The smallest absolute Gasteiger partial charge is 0.198 e. The summed E-state index contributed by atoms with van der Waals surface area (Å²) in [6.45, 7) is 15.4. The van der Waals surface area contributed by atoms with Gasteiger partial charge in [0.05, 0.1) is 0 Å². The number of methoxy groups -OCH3 is 1. The Balaban J connectivity index is 0. The molecular formula is C35H67N5O3. The fourth-order valence-corrected chi connectivity index (χ4v) is 4.88. The molecule has 0 aromatic rings. The predicted molar refractivity (Wildman–Crippen MR) is 187 cm³/mol. The van der Waals surface area contributed by atoms with Crippen LogP contribution in [0.5, 0.6) is 0 Å². The Morgan fingerprint density at radius 1 is 1.26 bits per heavy atom. The highest BCUT2D eigenvalue weighted by Crippen LogP contribution is 2.32. The number of allylic oxidation sites excluding steroid dienone is 6. The van der Waals surface area contributed by atoms with E-state index in [1.165, 1.54) is 11.1 Å². The van der Waals surface area contributed by atoms with Gasteiger partial charge in [0.2, 0.25) is 0 Å². The summed E-state index contributed by atoms with van der Waals surface area (Å²) in [4.78, 5) is 6.75. The van der Waals surface area contributed by atoms with Gasteiger partial charge in [0.25, 0.3) is 0 Å². The van der Waals surface area contributed by atoms with Crippen molar-refractivity contribution >= 4 is 11.7 Å². The van der Waals surface area contributed by atoms with E-state index in [9.17, 15) is 5.11 Å². The first-order valence-corrected chi connectivity index (χ1v) is 16.0. The summed E-state index contributed by atoms with van der Waals surface area (Å²) >= 11 is 0. The van der Waals surface area contributed by atoms with Crippen LogP contribution in [0.15, 0.2) is 52.7 Å². The Bertz CT molecular complexity index is 866. The molecule has 0 saturated heterocycles. The van der Waals surface area contributed by atoms with Crippen LogP contribution in [0.25, 0.3) is 0 Å². The second-order valence-corrected chi connectivity index (χ2v) is 10.9. The molecule has 5 N–H and O–H groups in total. The molecule has 0 fully saturated rings. The second kappa shape index (κ2) is 27.3. The topological polar surface area (TPSA) is 113 Å². The molecule has 0 amide bonds. The molecule has 8 nitrogen and oxygen atoms in total. The second-order valence-electron chi connectivity index (χ2n) is 10.9. The molecule has 3 aliphatic rings. The first kappa shape index (κ1) is 42.9. The number of rotatable bonds is 12. The zero-order valence-corrected chi connectivity index (χ0v) is 28.0. The van der Waals surface area contributed by atoms with Gasteiger partial charge >= 0.3 is 0 Å². The number of ether oxygens (including phenoxy) is 1. The maximum absolute atomic E-state index is 10.1. The van der Waals surface area contributed by atoms with Gasteiger partial charge in [-0.15, -0.1) is 0 Å². The monoisotopic (exact) mass is 606 g/mol. The standard InChI is InChI=1S/C17H26N2O.C13H25N3O.C2H6O.C2H6.CH4/c1-13(18)11-12-19-17(20)16-9-7-15(8-10-16)14-5-3-2-4-6-14;1-5-12(10-17-4)6-7-14-13-15-8-11(2)9-16(13)3;1-2-3;1-2;/h2-5,7,14,16-20H,6,8-12H2,1H3;8,12H,5-7,9-10H2,1-4H3,(H,14,15);3H,2H2,1H3;1-2H3;1H4. The van der Waals surface area contributed by atoms with E-state index in [1.807, 2.05) is 20.0 Å². The van der Waals surface area contributed by atoms with Crippen molar-refractivity contribution in [3.63, 3.8) is 0 Å². The number of aliphatic hydroxyl groups excluding tert-OH is 2. The minimum absolute atomic E-state index is 0. The summed E-state index contributed by atoms with van der Waals surface area (Å²) in [5.74, 6) is 2.48. The Morgan fingerprint density at radius 3 is 2.47 bits per heavy atom. The quantitative estimate of drug-likeness (QED) is 0.0963. The van der Waals surface area contributed by atoms with Crippen molar-refractivity contribution in [1.29, 1.82) is 5.41 Å². The highest BCUT2D eigenvalue weighted by Gasteiger charge is 2.24. The molecule has 3 rings (SSSR count). The Hall–Kier alpha value is -2.26. The number of aliphatic hydroxyl groups is 2. The van der Waals surface area contributed by atoms with Gasteiger partial charge < -0.3 is 30.6 Å². The van der Waals surface area contributed by atoms with E-state index in [-0.39, 0.29) is 14.0 Å². The van der Waals surface area contributed by atoms with Crippen molar-refractivity contribution in [3.8, 4) is 0 Å². The fraction of sp³-hybridized carbons (Fsp3) is 0.714. The first-order valence-electron chi connectivity index (χ1n) is 16.0. The van der Waals surface area contributed by atoms with Crippen LogP contribution in [0, 0.1) is 23.2 Å². The summed E-state index contributed by atoms with van der Waals surface area (Å²) in [6, 6.07) is 0. The van der Waals surface area contributed by atoms with E-state index in [4.69, 9.17) is 15.3 Å². The molecule has 0 spiro atoms. The normalized spacial score (nSPS) is 21.2. The molecule has 0 aromatic carbocycles. The molecule has 2 aliphatic carbocycles. The lowest BCUT2D eigenvalue weighted by atomic mass is 9.81. The Kier molecular flexibility index (Phi) is 27.2. The number of likely N-dealkylation sites (N-methyl/N-ethyl adjacent to an activating group) is 1. The zero-order chi connectivity index (χ0) is 31.8. The average Bonchev–Trinajstić information content (AvgIpc) is 3.00. The maximum Gasteiger partial charge on any atom is 0.198 e. The Morgan fingerprint density at radius 2 is 1.95 bits per heavy atom. The minimum Gasteiger partial charge on any atom is -0.397 e. The van der Waals surface area contributed by atoms with Crippen molar-refractivity contribution in [2.24, 2.45) is 22.7 Å². The van der Waals surface area contributed by atoms with Gasteiger partial charge in [-0.3, -0.25) is 10.3 Å². The van der Waals surface area contributed by atoms with Gasteiger partial charge in [0.1, 0.15) is 6.23 Å². The van der Waals surface area contributed by atoms with E-state index in [1.54, 1.807) is 21.0 Å². The molecule has 250 valence electrons. The molecule has 0 bridgehead atoms. The van der Waals surface area contributed by atoms with Crippen molar-refractivity contribution < 1.29 is 14.9 Å². The molecule has 8 heteroatoms. The highest BCUT2D eigenvalue weighted by molar-refractivity contribution is 5.82. The van der Waals surface area contributed by atoms with Crippen molar-refractivity contribution in [3.05, 3.63) is 47.7 Å². The SMILES string of the molecule is C.CC.CC(=N)CCNC(O)C1CC=C(C2C=CC=CC2)CC1.CCC(CCN=C1NC=C(C)CN1C)COC.CCO. The van der Waals surface area contributed by atoms with Crippen LogP contribution in [0.3, 0.4) is 0 Å². The summed E-state index contributed by atoms with van der Waals surface area (Å²) in [5, 5.41) is 31.5. The molecule has 1 heterocycles. The van der Waals surface area contributed by atoms with Crippen molar-refractivity contribution in [1.82, 2.24) is 15.5 Å². The molecule has 43 heavy (non-hydrogen) atoms. The van der Waals surface area contributed by atoms with Crippen LogP contribution >= 0.6 is 0 Å². The lowest BCUT2D eigenvalue weighted by Gasteiger charge is -2.29. The summed E-state index contributed by atoms with van der Waals surface area (Å²) in [6.07, 6.45) is 19.9. The molecule has 1 aliphatic heterocycles. The third-order valence-electron chi connectivity index (χ3n) is 7.32. The first-order chi connectivity index (χ1) is 20.2. The van der Waals surface area contributed by atoms with Crippen LogP contribution in [0.4, 0.5) is 0 Å². The van der Waals surface area contributed by atoms with E-state index in [0.717, 1.165) is 64.2 Å². The lowest BCUT2D eigenvalue weighted by molar-refractivity contribution is 0.0697. The minimum atomic E-state index is -0.436. The van der Waals surface area contributed by atoms with E-state index >= 15 is 0 Å². The number of nitrogens with one attached hydrogen (secondary N) is 3. The molecule has 0 aromatic heterocycles. The van der Waals surface area contributed by atoms with Gasteiger partial charge in [0, 0.05) is 70.8 Å². The number of hydrogen-bond donors (Lipinski definition) is 5. The maximum atomic E-state index is 10.1. The average molecular weight is 606 g/mol. The highest BCUT2D eigenvalue weighted by atomic mass is 16.5. The van der Waals surface area contributed by atoms with Crippen LogP contribution in [-0.4, -0.2) is 80.0 Å². The van der Waals surface area contributed by atoms with Crippen LogP contribution < -0.4 is 10.6 Å². The van der Waals surface area contributed by atoms with Crippen LogP contribution in [-0.2, 0) is 4.74 Å². The van der Waals surface area contributed by atoms with Gasteiger partial charge in [0.15, 0.2) is 5.96 Å². The third kappa shape index (κ3) is 19.6. The largest absolute Gasteiger partial charge is 0.397 e. The number of nitrogens with zero attached hydrogens (tertiary/aromatic N) is 2. The van der Waals surface area contributed by atoms with Gasteiger partial charge in [-0.05, 0) is 70.8 Å². The van der Waals surface area contributed by atoms with Crippen molar-refractivity contribution in [2.45, 2.75) is 100 Å². The van der Waals surface area contributed by atoms with Gasteiger partial charge in [-0.1, -0.05) is 70.6 Å². The van der Waals surface area contributed by atoms with Crippen molar-refractivity contribution in [2.75, 3.05) is 47.0 Å². The molecule has 0 saturated carbocycles. The summed E-state index contributed by atoms with van der Waals surface area (Å²) < 4.78 is 5.19. The Labute approximate surface area is 265 Å². The van der Waals surface area contributed by atoms with E-state index in [2.05, 4.69) is 71.8 Å². The molecule has 0 radical (unpaired) electrons. The van der Waals surface area contributed by atoms with E-state index < -0.39 is 6.23 Å². The fourth-order valence-electron chi connectivity index (χ4n) is 4.88. The van der Waals surface area contributed by atoms with E-state index in [0.29, 0.717) is 36.4 Å². The van der Waals surface area contributed by atoms with Gasteiger partial charge in [-0.2, -0.15) is 0 Å². The number of guanidine groups is 1. The molecule has 4 unspecified atom stereocenters. The van der Waals surface area contributed by atoms with Crippen LogP contribution in [0.2, 0.25) is 0 Å². The summed E-state index contributed by atoms with van der Waals surface area (Å²) in [5.41, 5.74) is 3.52. The molecular weight excluding hydrogens is 538 g/mol. The van der Waals surface area contributed by atoms with Crippen LogP contribution in [0.1, 0.15) is 93.9 Å². The van der Waals surface area contributed by atoms with Gasteiger partial charge in [-0.25, -0.2) is 0 Å². The zero-order valence-electron chi connectivity index (χ0n) is 28.0. The predicted octanol–water partition coefficient (Wildman–Crippen LogP) is 6.69. The molecule has 4 atom stereocenters. The third-order valence-corrected chi connectivity index (χ3v) is 7.32. The number of aliphatic imine (C=N–C) groups is 1. The number of hydrogen-bond acceptors (Lipinski definition) is 6. The lowest BCUT2D eigenvalue weighted by Crippen LogP contribution is -2.41. The summed E-state index contributed by atoms with van der Waals surface area (Å²) in [7, 11) is 3.83.